The lowest BCUT2D eigenvalue weighted by molar-refractivity contribution is -0.384. The number of phenols is 1. The highest BCUT2D eigenvalue weighted by atomic mass is 35.5. The van der Waals surface area contributed by atoms with Crippen molar-refractivity contribution in [2.24, 2.45) is 5.92 Å². The Morgan fingerprint density at radius 2 is 1.82 bits per heavy atom. The van der Waals surface area contributed by atoms with Crippen LogP contribution in [-0.4, -0.2) is 27.9 Å². The normalized spacial score (nSPS) is 12.7. The van der Waals surface area contributed by atoms with E-state index in [-0.39, 0.29) is 32.7 Å². The molecule has 0 bridgehead atoms. The monoisotopic (exact) mass is 425 g/mol. The van der Waals surface area contributed by atoms with E-state index >= 15 is 0 Å². The first-order valence-corrected chi connectivity index (χ1v) is 8.90. The Morgan fingerprint density at radius 1 is 1.14 bits per heavy atom. The lowest BCUT2D eigenvalue weighted by Crippen LogP contribution is -2.41. The van der Waals surface area contributed by atoms with Gasteiger partial charge in [-0.3, -0.25) is 19.7 Å². The molecule has 0 unspecified atom stereocenters. The highest BCUT2D eigenvalue weighted by Gasteiger charge is 2.24. The SMILES string of the molecule is C[C@H](NC(=O)c1cc(Cl)ccc1O)[C@H](C)C(=O)Nc1ccc([N+](=O)[O-])cc1Cl. The molecule has 0 saturated carbocycles. The summed E-state index contributed by atoms with van der Waals surface area (Å²) in [6, 6.07) is 7.16. The van der Waals surface area contributed by atoms with Crippen LogP contribution in [0.15, 0.2) is 36.4 Å². The summed E-state index contributed by atoms with van der Waals surface area (Å²) in [6.07, 6.45) is 0. The number of rotatable bonds is 6. The van der Waals surface area contributed by atoms with Crippen LogP contribution >= 0.6 is 23.2 Å². The molecule has 0 spiro atoms. The Hall–Kier alpha value is -2.84. The number of nitro benzene ring substituents is 1. The minimum atomic E-state index is -0.670. The molecule has 0 aliphatic carbocycles. The molecule has 0 aliphatic heterocycles. The molecule has 2 aromatic carbocycles. The molecule has 3 N–H and O–H groups in total. The summed E-state index contributed by atoms with van der Waals surface area (Å²) in [5.41, 5.74) is 0.0125. The zero-order valence-electron chi connectivity index (χ0n) is 14.9. The van der Waals surface area contributed by atoms with E-state index in [1.807, 2.05) is 0 Å². The number of halogens is 2. The summed E-state index contributed by atoms with van der Waals surface area (Å²) in [5, 5.41) is 26.0. The van der Waals surface area contributed by atoms with Crippen LogP contribution in [0.4, 0.5) is 11.4 Å². The second kappa shape index (κ2) is 8.90. The van der Waals surface area contributed by atoms with Gasteiger partial charge in [-0.25, -0.2) is 0 Å². The van der Waals surface area contributed by atoms with Crippen LogP contribution in [0.3, 0.4) is 0 Å². The second-order valence-corrected chi connectivity index (χ2v) is 6.97. The maximum Gasteiger partial charge on any atom is 0.271 e. The molecule has 2 amide bonds. The maximum atomic E-state index is 12.4. The Bertz CT molecular complexity index is 935. The number of carbonyl (C=O) groups excluding carboxylic acids is 2. The molecule has 148 valence electrons. The molecule has 2 aromatic rings. The van der Waals surface area contributed by atoms with Gasteiger partial charge in [-0.15, -0.1) is 0 Å². The van der Waals surface area contributed by atoms with Crippen molar-refractivity contribution in [3.8, 4) is 5.75 Å². The predicted molar refractivity (Wildman–Crippen MR) is 106 cm³/mol. The molecule has 0 heterocycles. The van der Waals surface area contributed by atoms with Gasteiger partial charge in [-0.2, -0.15) is 0 Å². The minimum Gasteiger partial charge on any atom is -0.507 e. The number of phenolic OH excluding ortho intramolecular Hbond substituents is 1. The molecular weight excluding hydrogens is 409 g/mol. The van der Waals surface area contributed by atoms with Gasteiger partial charge in [0.15, 0.2) is 0 Å². The van der Waals surface area contributed by atoms with Crippen molar-refractivity contribution in [2.75, 3.05) is 5.32 Å². The minimum absolute atomic E-state index is 0.00892. The van der Waals surface area contributed by atoms with Crippen LogP contribution in [0.1, 0.15) is 24.2 Å². The van der Waals surface area contributed by atoms with Crippen molar-refractivity contribution in [3.63, 3.8) is 0 Å². The number of hydrogen-bond donors (Lipinski definition) is 3. The topological polar surface area (TPSA) is 122 Å². The lowest BCUT2D eigenvalue weighted by atomic mass is 10.0. The third-order valence-corrected chi connectivity index (χ3v) is 4.69. The number of nitro groups is 1. The number of amides is 2. The van der Waals surface area contributed by atoms with E-state index in [9.17, 15) is 24.8 Å². The first-order valence-electron chi connectivity index (χ1n) is 8.14. The van der Waals surface area contributed by atoms with Crippen LogP contribution in [0.25, 0.3) is 0 Å². The molecule has 0 aromatic heterocycles. The van der Waals surface area contributed by atoms with Crippen LogP contribution in [0.5, 0.6) is 5.75 Å². The average Bonchev–Trinajstić information content (AvgIpc) is 2.64. The Kier molecular flexibility index (Phi) is 6.82. The Labute approximate surface area is 170 Å². The molecule has 0 saturated heterocycles. The summed E-state index contributed by atoms with van der Waals surface area (Å²) < 4.78 is 0. The smallest absolute Gasteiger partial charge is 0.271 e. The lowest BCUT2D eigenvalue weighted by Gasteiger charge is -2.21. The summed E-state index contributed by atoms with van der Waals surface area (Å²) in [7, 11) is 0. The van der Waals surface area contributed by atoms with Gasteiger partial charge in [0.05, 0.1) is 27.1 Å². The van der Waals surface area contributed by atoms with E-state index in [1.165, 1.54) is 30.3 Å². The number of nitrogens with one attached hydrogen (secondary N) is 2. The number of non-ortho nitro benzene ring substituents is 1. The van der Waals surface area contributed by atoms with E-state index in [4.69, 9.17) is 23.2 Å². The van der Waals surface area contributed by atoms with Crippen molar-refractivity contribution in [1.82, 2.24) is 5.32 Å². The molecule has 10 heteroatoms. The van der Waals surface area contributed by atoms with Gasteiger partial charge in [0, 0.05) is 23.2 Å². The third-order valence-electron chi connectivity index (χ3n) is 4.15. The van der Waals surface area contributed by atoms with Gasteiger partial charge < -0.3 is 15.7 Å². The van der Waals surface area contributed by atoms with Crippen molar-refractivity contribution >= 4 is 46.4 Å². The Morgan fingerprint density at radius 3 is 2.43 bits per heavy atom. The molecular formula is C18H17Cl2N3O5. The Balaban J connectivity index is 2.05. The van der Waals surface area contributed by atoms with Crippen molar-refractivity contribution in [1.29, 1.82) is 0 Å². The summed E-state index contributed by atoms with van der Waals surface area (Å²) in [4.78, 5) is 34.9. The molecule has 28 heavy (non-hydrogen) atoms. The van der Waals surface area contributed by atoms with Crippen LogP contribution in [-0.2, 0) is 4.79 Å². The molecule has 2 atom stereocenters. The first kappa shape index (κ1) is 21.5. The van der Waals surface area contributed by atoms with Crippen molar-refractivity contribution in [3.05, 3.63) is 62.1 Å². The fourth-order valence-corrected chi connectivity index (χ4v) is 2.69. The van der Waals surface area contributed by atoms with Crippen LogP contribution < -0.4 is 10.6 Å². The fraction of sp³-hybridized carbons (Fsp3) is 0.222. The van der Waals surface area contributed by atoms with Gasteiger partial charge in [0.2, 0.25) is 5.91 Å². The second-order valence-electron chi connectivity index (χ2n) is 6.12. The summed E-state index contributed by atoms with van der Waals surface area (Å²) in [6.45, 7) is 3.22. The highest BCUT2D eigenvalue weighted by Crippen LogP contribution is 2.27. The third kappa shape index (κ3) is 5.11. The number of carbonyl (C=O) groups is 2. The summed E-state index contributed by atoms with van der Waals surface area (Å²) in [5.74, 6) is -1.93. The van der Waals surface area contributed by atoms with Crippen molar-refractivity contribution < 1.29 is 19.6 Å². The molecule has 0 aliphatic rings. The van der Waals surface area contributed by atoms with Gasteiger partial charge >= 0.3 is 0 Å². The van der Waals surface area contributed by atoms with Crippen LogP contribution in [0, 0.1) is 16.0 Å². The van der Waals surface area contributed by atoms with E-state index in [0.717, 1.165) is 6.07 Å². The van der Waals surface area contributed by atoms with Gasteiger partial charge in [-0.05, 0) is 31.2 Å². The predicted octanol–water partition coefficient (Wildman–Crippen LogP) is 4.00. The molecule has 0 fully saturated rings. The maximum absolute atomic E-state index is 12.4. The number of nitrogens with zero attached hydrogens (tertiary/aromatic N) is 1. The first-order chi connectivity index (χ1) is 13.1. The van der Waals surface area contributed by atoms with E-state index in [0.29, 0.717) is 0 Å². The zero-order valence-corrected chi connectivity index (χ0v) is 16.4. The van der Waals surface area contributed by atoms with E-state index < -0.39 is 28.7 Å². The largest absolute Gasteiger partial charge is 0.507 e. The molecule has 0 radical (unpaired) electrons. The van der Waals surface area contributed by atoms with Crippen molar-refractivity contribution in [2.45, 2.75) is 19.9 Å². The standard InChI is InChI=1S/C18H17Cl2N3O5/c1-9(10(2)21-18(26)13-7-11(19)3-6-16(13)24)17(25)22-15-5-4-12(23(27)28)8-14(15)20/h3-10,24H,1-2H3,(H,21,26)(H,22,25)/t9-,10-/m0/s1. The van der Waals surface area contributed by atoms with E-state index in [2.05, 4.69) is 10.6 Å². The van der Waals surface area contributed by atoms with Gasteiger partial charge in [0.25, 0.3) is 11.6 Å². The molecule has 2 rings (SSSR count). The molecule has 8 nitrogen and oxygen atoms in total. The number of aromatic hydroxyl groups is 1. The average molecular weight is 426 g/mol. The fourth-order valence-electron chi connectivity index (χ4n) is 2.29. The summed E-state index contributed by atoms with van der Waals surface area (Å²) >= 11 is 11.8. The quantitative estimate of drug-likeness (QED) is 0.476. The van der Waals surface area contributed by atoms with Gasteiger partial charge in [0.1, 0.15) is 5.75 Å². The van der Waals surface area contributed by atoms with E-state index in [1.54, 1.807) is 13.8 Å². The van der Waals surface area contributed by atoms with Crippen LogP contribution in [0.2, 0.25) is 10.0 Å². The highest BCUT2D eigenvalue weighted by molar-refractivity contribution is 6.34. The number of benzene rings is 2. The number of hydrogen-bond acceptors (Lipinski definition) is 5. The number of anilines is 1. The zero-order chi connectivity index (χ0) is 21.0. The van der Waals surface area contributed by atoms with Gasteiger partial charge in [-0.1, -0.05) is 30.1 Å².